The Morgan fingerprint density at radius 3 is 2.81 bits per heavy atom. The molecule has 140 valence electrons. The van der Waals surface area contributed by atoms with E-state index < -0.39 is 0 Å². The predicted molar refractivity (Wildman–Crippen MR) is 96.1 cm³/mol. The van der Waals surface area contributed by atoms with Crippen molar-refractivity contribution >= 4 is 23.5 Å². The SMILES string of the molecule is CN(C)C(=O)CC1COCCN1C(=O)c1cccc(N2CCNC2=O)c1. The number of carbonyl (C=O) groups excluding carboxylic acids is 3. The molecule has 0 bridgehead atoms. The molecule has 2 aliphatic rings. The minimum atomic E-state index is -0.287. The molecule has 1 aromatic rings. The maximum absolute atomic E-state index is 13.0. The number of carbonyl (C=O) groups is 3. The number of urea groups is 1. The Morgan fingerprint density at radius 1 is 1.31 bits per heavy atom. The number of anilines is 1. The van der Waals surface area contributed by atoms with E-state index in [2.05, 4.69) is 5.32 Å². The summed E-state index contributed by atoms with van der Waals surface area (Å²) in [6.45, 7) is 2.41. The van der Waals surface area contributed by atoms with Gasteiger partial charge in [-0.05, 0) is 18.2 Å². The van der Waals surface area contributed by atoms with E-state index in [0.717, 1.165) is 0 Å². The lowest BCUT2D eigenvalue weighted by Crippen LogP contribution is -2.50. The maximum atomic E-state index is 13.0. The van der Waals surface area contributed by atoms with Gasteiger partial charge in [0.05, 0.1) is 19.3 Å². The van der Waals surface area contributed by atoms with Gasteiger partial charge < -0.3 is 19.9 Å². The van der Waals surface area contributed by atoms with Gasteiger partial charge in [0.25, 0.3) is 5.91 Å². The van der Waals surface area contributed by atoms with E-state index in [0.29, 0.717) is 44.1 Å². The molecule has 0 saturated carbocycles. The van der Waals surface area contributed by atoms with Gasteiger partial charge in [0, 0.05) is 51.4 Å². The molecule has 0 aromatic heterocycles. The van der Waals surface area contributed by atoms with Gasteiger partial charge in [-0.2, -0.15) is 0 Å². The average Bonchev–Trinajstić information content (AvgIpc) is 3.07. The first-order valence-electron chi connectivity index (χ1n) is 8.71. The Morgan fingerprint density at radius 2 is 2.12 bits per heavy atom. The number of nitrogens with zero attached hydrogens (tertiary/aromatic N) is 3. The van der Waals surface area contributed by atoms with E-state index >= 15 is 0 Å². The van der Waals surface area contributed by atoms with Crippen LogP contribution in [0.3, 0.4) is 0 Å². The second-order valence-corrected chi connectivity index (χ2v) is 6.65. The van der Waals surface area contributed by atoms with Crippen LogP contribution in [0.15, 0.2) is 24.3 Å². The molecule has 1 atom stereocenters. The van der Waals surface area contributed by atoms with Crippen molar-refractivity contribution in [3.8, 4) is 0 Å². The van der Waals surface area contributed by atoms with Crippen LogP contribution in [0.4, 0.5) is 10.5 Å². The van der Waals surface area contributed by atoms with E-state index in [1.807, 2.05) is 6.07 Å². The average molecular weight is 360 g/mol. The normalized spacial score (nSPS) is 20.1. The Balaban J connectivity index is 1.78. The predicted octanol–water partition coefficient (Wildman–Crippen LogP) is 0.536. The fraction of sp³-hybridized carbons (Fsp3) is 0.500. The van der Waals surface area contributed by atoms with Crippen LogP contribution in [0.1, 0.15) is 16.8 Å². The van der Waals surface area contributed by atoms with Crippen LogP contribution >= 0.6 is 0 Å². The number of amides is 4. The number of hydrogen-bond donors (Lipinski definition) is 1. The number of morpholine rings is 1. The van der Waals surface area contributed by atoms with E-state index in [9.17, 15) is 14.4 Å². The molecule has 8 heteroatoms. The Hall–Kier alpha value is -2.61. The topological polar surface area (TPSA) is 82.2 Å². The number of hydrogen-bond acceptors (Lipinski definition) is 4. The van der Waals surface area contributed by atoms with Crippen molar-refractivity contribution in [3.63, 3.8) is 0 Å². The fourth-order valence-electron chi connectivity index (χ4n) is 3.17. The zero-order chi connectivity index (χ0) is 18.7. The van der Waals surface area contributed by atoms with Crippen molar-refractivity contribution < 1.29 is 19.1 Å². The van der Waals surface area contributed by atoms with Gasteiger partial charge in [0.2, 0.25) is 5.91 Å². The number of benzene rings is 1. The standard InChI is InChI=1S/C18H24N4O4/c1-20(2)16(23)11-15-12-26-9-8-21(15)17(24)13-4-3-5-14(10-13)22-7-6-19-18(22)25/h3-5,10,15H,6-9,11-12H2,1-2H3,(H,19,25). The summed E-state index contributed by atoms with van der Waals surface area (Å²) in [7, 11) is 3.39. The van der Waals surface area contributed by atoms with Crippen molar-refractivity contribution in [1.82, 2.24) is 15.1 Å². The molecule has 0 aliphatic carbocycles. The molecule has 0 radical (unpaired) electrons. The number of nitrogens with one attached hydrogen (secondary N) is 1. The number of rotatable bonds is 4. The Labute approximate surface area is 152 Å². The highest BCUT2D eigenvalue weighted by Crippen LogP contribution is 2.21. The molecular weight excluding hydrogens is 336 g/mol. The molecule has 2 heterocycles. The first-order valence-corrected chi connectivity index (χ1v) is 8.71. The summed E-state index contributed by atoms with van der Waals surface area (Å²) < 4.78 is 5.47. The smallest absolute Gasteiger partial charge is 0.321 e. The Bertz CT molecular complexity index is 706. The maximum Gasteiger partial charge on any atom is 0.321 e. The van der Waals surface area contributed by atoms with E-state index in [-0.39, 0.29) is 30.3 Å². The molecule has 4 amide bonds. The van der Waals surface area contributed by atoms with Crippen LogP contribution in [0.2, 0.25) is 0 Å². The van der Waals surface area contributed by atoms with Gasteiger partial charge in [0.1, 0.15) is 0 Å². The summed E-state index contributed by atoms with van der Waals surface area (Å²) in [6.07, 6.45) is 0.229. The van der Waals surface area contributed by atoms with E-state index in [4.69, 9.17) is 4.74 Å². The van der Waals surface area contributed by atoms with Gasteiger partial charge in [0.15, 0.2) is 0 Å². The molecule has 0 spiro atoms. The summed E-state index contributed by atoms with van der Waals surface area (Å²) in [4.78, 5) is 41.8. The lowest BCUT2D eigenvalue weighted by Gasteiger charge is -2.36. The fourth-order valence-corrected chi connectivity index (χ4v) is 3.17. The van der Waals surface area contributed by atoms with Crippen LogP contribution in [0.25, 0.3) is 0 Å². The van der Waals surface area contributed by atoms with Crippen LogP contribution in [-0.4, -0.2) is 80.6 Å². The summed E-state index contributed by atoms with van der Waals surface area (Å²) >= 11 is 0. The summed E-state index contributed by atoms with van der Waals surface area (Å²) in [5.41, 5.74) is 1.20. The molecule has 2 fully saturated rings. The van der Waals surface area contributed by atoms with Crippen LogP contribution in [0.5, 0.6) is 0 Å². The lowest BCUT2D eigenvalue weighted by molar-refractivity contribution is -0.131. The van der Waals surface area contributed by atoms with Crippen molar-refractivity contribution in [2.75, 3.05) is 51.8 Å². The molecule has 2 saturated heterocycles. The molecule has 1 N–H and O–H groups in total. The first kappa shape index (κ1) is 18.2. The highest BCUT2D eigenvalue weighted by atomic mass is 16.5. The van der Waals surface area contributed by atoms with Crippen LogP contribution in [-0.2, 0) is 9.53 Å². The van der Waals surface area contributed by atoms with Gasteiger partial charge in [-0.15, -0.1) is 0 Å². The van der Waals surface area contributed by atoms with Crippen molar-refractivity contribution in [1.29, 1.82) is 0 Å². The largest absolute Gasteiger partial charge is 0.377 e. The summed E-state index contributed by atoms with van der Waals surface area (Å²) in [5.74, 6) is -0.188. The molecule has 3 rings (SSSR count). The van der Waals surface area contributed by atoms with Crippen molar-refractivity contribution in [2.24, 2.45) is 0 Å². The highest BCUT2D eigenvalue weighted by molar-refractivity contribution is 5.98. The van der Waals surface area contributed by atoms with Crippen molar-refractivity contribution in [2.45, 2.75) is 12.5 Å². The number of ether oxygens (including phenoxy) is 1. The third-order valence-corrected chi connectivity index (χ3v) is 4.66. The van der Waals surface area contributed by atoms with Crippen molar-refractivity contribution in [3.05, 3.63) is 29.8 Å². The summed E-state index contributed by atoms with van der Waals surface area (Å²) in [5, 5.41) is 2.75. The minimum absolute atomic E-state index is 0.0409. The summed E-state index contributed by atoms with van der Waals surface area (Å²) in [6, 6.07) is 6.61. The third-order valence-electron chi connectivity index (χ3n) is 4.66. The molecule has 8 nitrogen and oxygen atoms in total. The highest BCUT2D eigenvalue weighted by Gasteiger charge is 2.31. The van der Waals surface area contributed by atoms with Crippen LogP contribution in [0, 0.1) is 0 Å². The van der Waals surface area contributed by atoms with Gasteiger partial charge in [-0.1, -0.05) is 6.07 Å². The molecular formula is C18H24N4O4. The quantitative estimate of drug-likeness (QED) is 0.849. The molecule has 26 heavy (non-hydrogen) atoms. The molecule has 2 aliphatic heterocycles. The lowest BCUT2D eigenvalue weighted by atomic mass is 10.1. The van der Waals surface area contributed by atoms with Gasteiger partial charge in [-0.3, -0.25) is 14.5 Å². The zero-order valence-corrected chi connectivity index (χ0v) is 15.1. The zero-order valence-electron chi connectivity index (χ0n) is 15.1. The van der Waals surface area contributed by atoms with Gasteiger partial charge in [-0.25, -0.2) is 4.79 Å². The monoisotopic (exact) mass is 360 g/mol. The van der Waals surface area contributed by atoms with Gasteiger partial charge >= 0.3 is 6.03 Å². The molecule has 1 unspecified atom stereocenters. The second-order valence-electron chi connectivity index (χ2n) is 6.65. The van der Waals surface area contributed by atoms with E-state index in [1.165, 1.54) is 4.90 Å². The Kier molecular flexibility index (Phi) is 5.41. The second kappa shape index (κ2) is 7.74. The molecule has 1 aromatic carbocycles. The van der Waals surface area contributed by atoms with E-state index in [1.54, 1.807) is 42.1 Å². The first-order chi connectivity index (χ1) is 12.5. The minimum Gasteiger partial charge on any atom is -0.377 e. The van der Waals surface area contributed by atoms with Crippen LogP contribution < -0.4 is 10.2 Å². The third kappa shape index (κ3) is 3.80.